The van der Waals surface area contributed by atoms with Crippen LogP contribution in [0.3, 0.4) is 0 Å². The van der Waals surface area contributed by atoms with E-state index in [1.807, 2.05) is 48.2 Å². The summed E-state index contributed by atoms with van der Waals surface area (Å²) < 4.78 is 6.08. The molecule has 6 rings (SSSR count). The third-order valence-corrected chi connectivity index (χ3v) is 6.82. The highest BCUT2D eigenvalue weighted by molar-refractivity contribution is 6.30. The molecule has 7 nitrogen and oxygen atoms in total. The molecule has 2 atom stereocenters. The number of pyridine rings is 1. The summed E-state index contributed by atoms with van der Waals surface area (Å²) in [7, 11) is 0. The lowest BCUT2D eigenvalue weighted by Gasteiger charge is -2.57. The van der Waals surface area contributed by atoms with Gasteiger partial charge in [0.2, 0.25) is 0 Å². The molecule has 1 saturated carbocycles. The standard InChI is InChI=1S/C23H24ClN5O2/c1-14-3-8-20(29-25-9-10-26-29)22(27-14)23(30)28-18-11-16(12-18)15(2)21(28)13-31-19-6-4-17(24)5-7-19/h3-10,15-16,18,21H,11-13H2,1-2H3. The molecule has 3 aliphatic rings. The molecule has 1 aliphatic carbocycles. The summed E-state index contributed by atoms with van der Waals surface area (Å²) in [5, 5.41) is 9.09. The Labute approximate surface area is 186 Å². The SMILES string of the molecule is Cc1ccc(-n2nccn2)c(C(=O)N2C3CC(C3)C(C)C2COc2ccc(Cl)cc2)n1. The highest BCUT2D eigenvalue weighted by atomic mass is 35.5. The van der Waals surface area contributed by atoms with Crippen molar-refractivity contribution in [3.63, 3.8) is 0 Å². The third-order valence-electron chi connectivity index (χ3n) is 6.57. The first-order chi connectivity index (χ1) is 15.0. The molecule has 0 spiro atoms. The first-order valence-corrected chi connectivity index (χ1v) is 10.9. The zero-order valence-electron chi connectivity index (χ0n) is 17.5. The molecule has 2 aliphatic heterocycles. The van der Waals surface area contributed by atoms with E-state index < -0.39 is 0 Å². The van der Waals surface area contributed by atoms with Gasteiger partial charge in [-0.1, -0.05) is 18.5 Å². The largest absolute Gasteiger partial charge is 0.491 e. The van der Waals surface area contributed by atoms with Crippen LogP contribution >= 0.6 is 11.6 Å². The van der Waals surface area contributed by atoms with Gasteiger partial charge < -0.3 is 9.64 Å². The number of fused-ring (bicyclic) bond motifs is 2. The molecular formula is C23H24ClN5O2. The number of hydrogen-bond acceptors (Lipinski definition) is 5. The van der Waals surface area contributed by atoms with E-state index in [2.05, 4.69) is 22.1 Å². The number of piperidine rings is 2. The summed E-state index contributed by atoms with van der Waals surface area (Å²) in [4.78, 5) is 21.9. The topological polar surface area (TPSA) is 73.1 Å². The number of ether oxygens (including phenoxy) is 1. The molecule has 31 heavy (non-hydrogen) atoms. The number of amides is 1. The fraction of sp³-hybridized carbons (Fsp3) is 0.391. The van der Waals surface area contributed by atoms with Gasteiger partial charge >= 0.3 is 0 Å². The molecule has 1 amide bonds. The van der Waals surface area contributed by atoms with Crippen molar-refractivity contribution in [3.8, 4) is 11.4 Å². The first-order valence-electron chi connectivity index (χ1n) is 10.6. The number of aryl methyl sites for hydroxylation is 1. The number of halogens is 1. The van der Waals surface area contributed by atoms with Crippen LogP contribution in [0.4, 0.5) is 0 Å². The predicted octanol–water partition coefficient (Wildman–Crippen LogP) is 3.94. The van der Waals surface area contributed by atoms with Crippen molar-refractivity contribution in [2.45, 2.75) is 38.8 Å². The van der Waals surface area contributed by atoms with Gasteiger partial charge in [-0.2, -0.15) is 10.2 Å². The molecule has 3 aromatic rings. The van der Waals surface area contributed by atoms with Gasteiger partial charge in [0.05, 0.1) is 18.4 Å². The van der Waals surface area contributed by atoms with Crippen molar-refractivity contribution in [2.75, 3.05) is 6.61 Å². The molecular weight excluding hydrogens is 414 g/mol. The normalized spacial score (nSPS) is 24.5. The average Bonchev–Trinajstić information content (AvgIpc) is 3.27. The lowest BCUT2D eigenvalue weighted by Crippen LogP contribution is -2.64. The highest BCUT2D eigenvalue weighted by Crippen LogP contribution is 2.47. The summed E-state index contributed by atoms with van der Waals surface area (Å²) in [5.41, 5.74) is 1.75. The Balaban J connectivity index is 1.45. The van der Waals surface area contributed by atoms with Crippen molar-refractivity contribution in [1.82, 2.24) is 24.9 Å². The Morgan fingerprint density at radius 1 is 1.13 bits per heavy atom. The second-order valence-corrected chi connectivity index (χ2v) is 8.86. The number of carbonyl (C=O) groups is 1. The van der Waals surface area contributed by atoms with E-state index in [1.165, 1.54) is 4.80 Å². The molecule has 2 unspecified atom stereocenters. The quantitative estimate of drug-likeness (QED) is 0.604. The molecule has 2 saturated heterocycles. The maximum atomic E-state index is 13.8. The second kappa shape index (κ2) is 7.96. The van der Waals surface area contributed by atoms with E-state index in [9.17, 15) is 4.79 Å². The Morgan fingerprint density at radius 3 is 2.55 bits per heavy atom. The van der Waals surface area contributed by atoms with Crippen LogP contribution in [0.25, 0.3) is 5.69 Å². The van der Waals surface area contributed by atoms with Gasteiger partial charge in [0.25, 0.3) is 5.91 Å². The molecule has 4 heterocycles. The fourth-order valence-corrected chi connectivity index (χ4v) is 4.84. The van der Waals surface area contributed by atoms with E-state index in [0.717, 1.165) is 24.3 Å². The van der Waals surface area contributed by atoms with Crippen LogP contribution in [-0.4, -0.2) is 49.5 Å². The molecule has 8 heteroatoms. The van der Waals surface area contributed by atoms with Crippen LogP contribution in [-0.2, 0) is 0 Å². The van der Waals surface area contributed by atoms with Crippen molar-refractivity contribution in [1.29, 1.82) is 0 Å². The number of nitrogens with zero attached hydrogens (tertiary/aromatic N) is 5. The first kappa shape index (κ1) is 20.0. The maximum Gasteiger partial charge on any atom is 0.275 e. The number of carbonyl (C=O) groups excluding carboxylic acids is 1. The van der Waals surface area contributed by atoms with Crippen molar-refractivity contribution < 1.29 is 9.53 Å². The third kappa shape index (κ3) is 3.67. The van der Waals surface area contributed by atoms with Crippen LogP contribution in [0.5, 0.6) is 5.75 Å². The Morgan fingerprint density at radius 2 is 1.84 bits per heavy atom. The van der Waals surface area contributed by atoms with Gasteiger partial charge in [-0.05, 0) is 68.0 Å². The zero-order chi connectivity index (χ0) is 21.5. The van der Waals surface area contributed by atoms with Crippen LogP contribution < -0.4 is 4.74 Å². The van der Waals surface area contributed by atoms with Crippen molar-refractivity contribution in [2.24, 2.45) is 11.8 Å². The Kier molecular flexibility index (Phi) is 5.14. The lowest BCUT2D eigenvalue weighted by atomic mass is 9.64. The second-order valence-electron chi connectivity index (χ2n) is 8.43. The predicted molar refractivity (Wildman–Crippen MR) is 116 cm³/mol. The monoisotopic (exact) mass is 437 g/mol. The Hall–Kier alpha value is -2.93. The molecule has 0 radical (unpaired) electrons. The van der Waals surface area contributed by atoms with E-state index >= 15 is 0 Å². The van der Waals surface area contributed by atoms with Crippen molar-refractivity contribution in [3.05, 3.63) is 65.2 Å². The molecule has 1 aromatic carbocycles. The average molecular weight is 438 g/mol. The van der Waals surface area contributed by atoms with Gasteiger partial charge in [-0.25, -0.2) is 4.98 Å². The van der Waals surface area contributed by atoms with Crippen LogP contribution in [0.1, 0.15) is 35.9 Å². The summed E-state index contributed by atoms with van der Waals surface area (Å²) >= 11 is 5.98. The molecule has 2 bridgehead atoms. The van der Waals surface area contributed by atoms with Crippen LogP contribution in [0.15, 0.2) is 48.8 Å². The summed E-state index contributed by atoms with van der Waals surface area (Å²) in [6.45, 7) is 4.54. The smallest absolute Gasteiger partial charge is 0.275 e. The number of rotatable bonds is 5. The van der Waals surface area contributed by atoms with E-state index in [0.29, 0.717) is 34.8 Å². The number of aromatic nitrogens is 4. The number of benzene rings is 1. The lowest BCUT2D eigenvalue weighted by molar-refractivity contribution is -0.0673. The summed E-state index contributed by atoms with van der Waals surface area (Å²) in [5.74, 6) is 1.64. The highest BCUT2D eigenvalue weighted by Gasteiger charge is 2.51. The van der Waals surface area contributed by atoms with E-state index in [4.69, 9.17) is 16.3 Å². The minimum absolute atomic E-state index is 0.0265. The van der Waals surface area contributed by atoms with E-state index in [-0.39, 0.29) is 18.0 Å². The maximum absolute atomic E-state index is 13.8. The molecule has 160 valence electrons. The van der Waals surface area contributed by atoms with Gasteiger partial charge in [0.1, 0.15) is 18.0 Å². The minimum Gasteiger partial charge on any atom is -0.491 e. The summed E-state index contributed by atoms with van der Waals surface area (Å²) in [6.07, 6.45) is 5.25. The van der Waals surface area contributed by atoms with Crippen LogP contribution in [0, 0.1) is 18.8 Å². The van der Waals surface area contributed by atoms with E-state index in [1.54, 1.807) is 12.4 Å². The van der Waals surface area contributed by atoms with Gasteiger partial charge in [-0.15, -0.1) is 4.80 Å². The fourth-order valence-electron chi connectivity index (χ4n) is 4.72. The molecule has 0 N–H and O–H groups in total. The van der Waals surface area contributed by atoms with Crippen LogP contribution in [0.2, 0.25) is 5.02 Å². The zero-order valence-corrected chi connectivity index (χ0v) is 18.2. The minimum atomic E-state index is -0.0873. The van der Waals surface area contributed by atoms with Crippen molar-refractivity contribution >= 4 is 17.5 Å². The summed E-state index contributed by atoms with van der Waals surface area (Å²) in [6, 6.07) is 11.2. The molecule has 3 fully saturated rings. The van der Waals surface area contributed by atoms with Gasteiger partial charge in [0.15, 0.2) is 5.69 Å². The van der Waals surface area contributed by atoms with Gasteiger partial charge in [-0.3, -0.25) is 4.79 Å². The van der Waals surface area contributed by atoms with Gasteiger partial charge in [0, 0.05) is 16.8 Å². The Bertz CT molecular complexity index is 1080. The molecule has 2 aromatic heterocycles. The number of hydrogen-bond donors (Lipinski definition) is 0.